The quantitative estimate of drug-likeness (QED) is 0.710. The fourth-order valence-corrected chi connectivity index (χ4v) is 4.24. The minimum Gasteiger partial charge on any atom is -0.349 e. The van der Waals surface area contributed by atoms with Crippen LogP contribution >= 0.6 is 0 Å². The minimum absolute atomic E-state index is 0.00103. The van der Waals surface area contributed by atoms with Crippen LogP contribution in [0.3, 0.4) is 0 Å². The molecule has 3 N–H and O–H groups in total. The third-order valence-corrected chi connectivity index (χ3v) is 6.04. The summed E-state index contributed by atoms with van der Waals surface area (Å²) in [5.41, 5.74) is 8.32. The fraction of sp³-hybridized carbons (Fsp3) is 0.565. The summed E-state index contributed by atoms with van der Waals surface area (Å²) in [6.45, 7) is 3.21. The predicted molar refractivity (Wildman–Crippen MR) is 111 cm³/mol. The molecule has 1 fully saturated rings. The number of nitrogens with one attached hydrogen (secondary N) is 1. The van der Waals surface area contributed by atoms with Crippen molar-refractivity contribution in [1.29, 1.82) is 0 Å². The van der Waals surface area contributed by atoms with Crippen molar-refractivity contribution in [2.24, 2.45) is 11.7 Å². The molecule has 152 valence electrons. The van der Waals surface area contributed by atoms with Gasteiger partial charge in [0.15, 0.2) is 0 Å². The maximum Gasteiger partial charge on any atom is 0.246 e. The number of nitrogens with zero attached hydrogens (tertiary/aromatic N) is 1. The Balaban J connectivity index is 1.62. The number of amides is 2. The maximum absolute atomic E-state index is 12.7. The van der Waals surface area contributed by atoms with Crippen LogP contribution in [0.1, 0.15) is 63.0 Å². The van der Waals surface area contributed by atoms with E-state index in [0.29, 0.717) is 25.4 Å². The van der Waals surface area contributed by atoms with E-state index < -0.39 is 6.04 Å². The summed E-state index contributed by atoms with van der Waals surface area (Å²) in [5, 5.41) is 3.06. The molecule has 1 aromatic carbocycles. The van der Waals surface area contributed by atoms with Gasteiger partial charge in [0.05, 0.1) is 6.04 Å². The number of rotatable bonds is 7. The summed E-state index contributed by atoms with van der Waals surface area (Å²) in [7, 11) is 0. The molecule has 1 aliphatic carbocycles. The van der Waals surface area contributed by atoms with E-state index in [1.165, 1.54) is 43.2 Å². The second-order valence-electron chi connectivity index (χ2n) is 8.19. The molecule has 1 saturated carbocycles. The summed E-state index contributed by atoms with van der Waals surface area (Å²) < 4.78 is 0. The lowest BCUT2D eigenvalue weighted by molar-refractivity contribution is -0.127. The number of carbonyl (C=O) groups excluding carboxylic acids is 2. The van der Waals surface area contributed by atoms with E-state index in [9.17, 15) is 9.59 Å². The van der Waals surface area contributed by atoms with Gasteiger partial charge in [-0.05, 0) is 29.9 Å². The molecule has 0 spiro atoms. The lowest BCUT2D eigenvalue weighted by Crippen LogP contribution is -2.45. The van der Waals surface area contributed by atoms with Crippen LogP contribution in [0.5, 0.6) is 0 Å². The van der Waals surface area contributed by atoms with Gasteiger partial charge in [-0.1, -0.05) is 69.4 Å². The highest BCUT2D eigenvalue weighted by Gasteiger charge is 2.23. The Morgan fingerprint density at radius 1 is 1.18 bits per heavy atom. The van der Waals surface area contributed by atoms with Crippen LogP contribution in [-0.4, -0.2) is 28.8 Å². The Morgan fingerprint density at radius 3 is 2.43 bits per heavy atom. The van der Waals surface area contributed by atoms with Crippen molar-refractivity contribution in [2.45, 2.75) is 77.0 Å². The average molecular weight is 384 g/mol. The first kappa shape index (κ1) is 20.6. The minimum atomic E-state index is -0.494. The first-order valence-corrected chi connectivity index (χ1v) is 10.7. The van der Waals surface area contributed by atoms with Gasteiger partial charge in [-0.25, -0.2) is 0 Å². The molecule has 0 unspecified atom stereocenters. The molecule has 2 amide bonds. The van der Waals surface area contributed by atoms with Gasteiger partial charge in [0, 0.05) is 25.2 Å². The van der Waals surface area contributed by atoms with Crippen LogP contribution in [0.2, 0.25) is 0 Å². The standard InChI is InChI=1S/C23H33N3O2/c1-2-21(24)23(28)25-20(14-17-8-4-3-5-9-17)12-13-22(27)26-15-18-10-6-7-11-19(18)16-26/h6-7,10-13,17,20-21H,2-5,8-9,14-16,24H2,1H3,(H,25,28)/b13-12+/t20-,21+/m1/s1. The van der Waals surface area contributed by atoms with Crippen LogP contribution in [-0.2, 0) is 22.7 Å². The van der Waals surface area contributed by atoms with Crippen molar-refractivity contribution >= 4 is 11.8 Å². The Hall–Kier alpha value is -2.14. The summed E-state index contributed by atoms with van der Waals surface area (Å²) in [6.07, 6.45) is 11.2. The Labute approximate surface area is 168 Å². The van der Waals surface area contributed by atoms with Gasteiger partial charge in [0.1, 0.15) is 0 Å². The van der Waals surface area contributed by atoms with Gasteiger partial charge in [-0.3, -0.25) is 9.59 Å². The average Bonchev–Trinajstić information content (AvgIpc) is 3.16. The highest BCUT2D eigenvalue weighted by Crippen LogP contribution is 2.28. The topological polar surface area (TPSA) is 75.4 Å². The predicted octanol–water partition coefficient (Wildman–Crippen LogP) is 3.28. The molecular formula is C23H33N3O2. The largest absolute Gasteiger partial charge is 0.349 e. The number of nitrogens with two attached hydrogens (primary N) is 1. The molecule has 0 radical (unpaired) electrons. The van der Waals surface area contributed by atoms with Crippen molar-refractivity contribution in [1.82, 2.24) is 10.2 Å². The molecule has 5 heteroatoms. The molecule has 5 nitrogen and oxygen atoms in total. The summed E-state index contributed by atoms with van der Waals surface area (Å²) >= 11 is 0. The zero-order chi connectivity index (χ0) is 19.9. The van der Waals surface area contributed by atoms with Crippen LogP contribution < -0.4 is 11.1 Å². The lowest BCUT2D eigenvalue weighted by Gasteiger charge is -2.26. The second kappa shape index (κ2) is 9.87. The van der Waals surface area contributed by atoms with Crippen molar-refractivity contribution in [3.05, 3.63) is 47.5 Å². The highest BCUT2D eigenvalue weighted by molar-refractivity contribution is 5.88. The van der Waals surface area contributed by atoms with E-state index in [0.717, 1.165) is 6.42 Å². The summed E-state index contributed by atoms with van der Waals surface area (Å²) in [6, 6.07) is 7.54. The number of fused-ring (bicyclic) bond motifs is 1. The van der Waals surface area contributed by atoms with E-state index in [2.05, 4.69) is 17.4 Å². The van der Waals surface area contributed by atoms with Gasteiger partial charge in [0.2, 0.25) is 11.8 Å². The SMILES string of the molecule is CC[C@H](N)C(=O)N[C@H](/C=C/C(=O)N1Cc2ccccc2C1)CC1CCCCC1. The first-order chi connectivity index (χ1) is 13.6. The maximum atomic E-state index is 12.7. The van der Waals surface area contributed by atoms with Gasteiger partial charge < -0.3 is 16.0 Å². The lowest BCUT2D eigenvalue weighted by atomic mass is 9.84. The van der Waals surface area contributed by atoms with Crippen LogP contribution in [0.15, 0.2) is 36.4 Å². The zero-order valence-corrected chi connectivity index (χ0v) is 16.9. The molecule has 0 bridgehead atoms. The Kier molecular flexibility index (Phi) is 7.26. The van der Waals surface area contributed by atoms with Crippen molar-refractivity contribution < 1.29 is 9.59 Å². The monoisotopic (exact) mass is 383 g/mol. The van der Waals surface area contributed by atoms with Gasteiger partial charge >= 0.3 is 0 Å². The third-order valence-electron chi connectivity index (χ3n) is 6.04. The van der Waals surface area contributed by atoms with E-state index in [4.69, 9.17) is 5.73 Å². The summed E-state index contributed by atoms with van der Waals surface area (Å²) in [4.78, 5) is 26.8. The van der Waals surface area contributed by atoms with Crippen molar-refractivity contribution in [2.75, 3.05) is 0 Å². The third kappa shape index (κ3) is 5.44. The van der Waals surface area contributed by atoms with E-state index >= 15 is 0 Å². The Bertz CT molecular complexity index is 685. The molecule has 1 aromatic rings. The molecule has 1 aliphatic heterocycles. The fourth-order valence-electron chi connectivity index (χ4n) is 4.24. The Morgan fingerprint density at radius 2 is 1.82 bits per heavy atom. The van der Waals surface area contributed by atoms with Gasteiger partial charge in [-0.2, -0.15) is 0 Å². The van der Waals surface area contributed by atoms with E-state index in [1.54, 1.807) is 6.08 Å². The molecule has 28 heavy (non-hydrogen) atoms. The van der Waals surface area contributed by atoms with E-state index in [1.807, 2.05) is 30.0 Å². The molecule has 2 aliphatic rings. The van der Waals surface area contributed by atoms with Crippen LogP contribution in [0.4, 0.5) is 0 Å². The van der Waals surface area contributed by atoms with Gasteiger partial charge in [0.25, 0.3) is 0 Å². The molecule has 3 rings (SSSR count). The van der Waals surface area contributed by atoms with Crippen molar-refractivity contribution in [3.63, 3.8) is 0 Å². The van der Waals surface area contributed by atoms with Crippen LogP contribution in [0, 0.1) is 5.92 Å². The zero-order valence-electron chi connectivity index (χ0n) is 16.9. The molecular weight excluding hydrogens is 350 g/mol. The van der Waals surface area contributed by atoms with Gasteiger partial charge in [-0.15, -0.1) is 0 Å². The molecule has 0 saturated heterocycles. The first-order valence-electron chi connectivity index (χ1n) is 10.7. The number of carbonyl (C=O) groups is 2. The second-order valence-corrected chi connectivity index (χ2v) is 8.19. The normalized spacial score (nSPS) is 19.4. The summed E-state index contributed by atoms with van der Waals surface area (Å²) in [5.74, 6) is 0.473. The van der Waals surface area contributed by atoms with E-state index in [-0.39, 0.29) is 17.9 Å². The molecule has 1 heterocycles. The molecule has 2 atom stereocenters. The number of hydrogen-bond donors (Lipinski definition) is 2. The number of benzene rings is 1. The number of hydrogen-bond acceptors (Lipinski definition) is 3. The van der Waals surface area contributed by atoms with Crippen molar-refractivity contribution in [3.8, 4) is 0 Å². The van der Waals surface area contributed by atoms with Crippen LogP contribution in [0.25, 0.3) is 0 Å². The smallest absolute Gasteiger partial charge is 0.246 e. The molecule has 0 aromatic heterocycles. The highest BCUT2D eigenvalue weighted by atomic mass is 16.2.